The normalized spacial score (nSPS) is 19.9. The Morgan fingerprint density at radius 1 is 1.04 bits per heavy atom. The molecule has 1 aliphatic carbocycles. The first kappa shape index (κ1) is 17.1. The van der Waals surface area contributed by atoms with Crippen LogP contribution in [0.15, 0.2) is 48.7 Å². The van der Waals surface area contributed by atoms with Crippen LogP contribution in [-0.2, 0) is 4.79 Å². The number of nitrogens with zero attached hydrogens (tertiary/aromatic N) is 1. The van der Waals surface area contributed by atoms with Crippen LogP contribution in [0.3, 0.4) is 0 Å². The largest absolute Gasteiger partial charge is 0.328 e. The maximum atomic E-state index is 12.3. The molecular weight excluding hydrogens is 316 g/mol. The predicted octanol–water partition coefficient (Wildman–Crippen LogP) is 2.79. The number of hydrogen-bond donors (Lipinski definition) is 3. The fraction of sp³-hybridized carbons (Fsp3) is 0.316. The van der Waals surface area contributed by atoms with Gasteiger partial charge in [-0.3, -0.25) is 9.59 Å². The minimum absolute atomic E-state index is 0.0157. The van der Waals surface area contributed by atoms with Gasteiger partial charge in [0.1, 0.15) is 5.82 Å². The molecule has 1 saturated carbocycles. The summed E-state index contributed by atoms with van der Waals surface area (Å²) in [6, 6.07) is 12.4. The molecule has 3 rings (SSSR count). The van der Waals surface area contributed by atoms with Crippen molar-refractivity contribution in [2.75, 3.05) is 10.6 Å². The van der Waals surface area contributed by atoms with E-state index in [0.717, 1.165) is 25.7 Å². The number of nitrogens with one attached hydrogen (secondary N) is 2. The van der Waals surface area contributed by atoms with Crippen molar-refractivity contribution in [1.29, 1.82) is 0 Å². The highest BCUT2D eigenvalue weighted by molar-refractivity contribution is 6.03. The van der Waals surface area contributed by atoms with E-state index < -0.39 is 0 Å². The molecule has 0 spiro atoms. The fourth-order valence-electron chi connectivity index (χ4n) is 3.03. The summed E-state index contributed by atoms with van der Waals surface area (Å²) in [5.41, 5.74) is 7.12. The van der Waals surface area contributed by atoms with Crippen LogP contribution >= 0.6 is 0 Å². The predicted molar refractivity (Wildman–Crippen MR) is 97.2 cm³/mol. The second kappa shape index (κ2) is 7.90. The Balaban J connectivity index is 1.57. The lowest BCUT2D eigenvalue weighted by Crippen LogP contribution is -2.34. The van der Waals surface area contributed by atoms with E-state index in [1.165, 1.54) is 0 Å². The van der Waals surface area contributed by atoms with E-state index in [9.17, 15) is 9.59 Å². The quantitative estimate of drug-likeness (QED) is 0.798. The molecule has 2 aromatic rings. The van der Waals surface area contributed by atoms with E-state index in [1.54, 1.807) is 42.6 Å². The molecule has 0 saturated heterocycles. The molecule has 0 bridgehead atoms. The monoisotopic (exact) mass is 338 g/mol. The number of amides is 2. The Labute approximate surface area is 146 Å². The fourth-order valence-corrected chi connectivity index (χ4v) is 3.03. The SMILES string of the molecule is NC1CCCC(C(=O)Nc2ccc(NC(=O)c3ccccc3)nc2)C1. The minimum Gasteiger partial charge on any atom is -0.328 e. The Bertz CT molecular complexity index is 731. The maximum absolute atomic E-state index is 12.3. The summed E-state index contributed by atoms with van der Waals surface area (Å²) in [7, 11) is 0. The van der Waals surface area contributed by atoms with Crippen LogP contribution in [0.1, 0.15) is 36.0 Å². The van der Waals surface area contributed by atoms with E-state index in [0.29, 0.717) is 17.1 Å². The van der Waals surface area contributed by atoms with Gasteiger partial charge in [-0.25, -0.2) is 4.98 Å². The lowest BCUT2D eigenvalue weighted by Gasteiger charge is -2.25. The Morgan fingerprint density at radius 3 is 2.52 bits per heavy atom. The van der Waals surface area contributed by atoms with Crippen LogP contribution in [0, 0.1) is 5.92 Å². The van der Waals surface area contributed by atoms with Gasteiger partial charge in [0.25, 0.3) is 5.91 Å². The van der Waals surface area contributed by atoms with Crippen LogP contribution < -0.4 is 16.4 Å². The van der Waals surface area contributed by atoms with E-state index in [2.05, 4.69) is 15.6 Å². The van der Waals surface area contributed by atoms with Crippen molar-refractivity contribution in [3.05, 3.63) is 54.2 Å². The summed E-state index contributed by atoms with van der Waals surface area (Å²) in [6.07, 6.45) is 5.12. The van der Waals surface area contributed by atoms with Gasteiger partial charge in [0.05, 0.1) is 11.9 Å². The van der Waals surface area contributed by atoms with E-state index in [-0.39, 0.29) is 23.8 Å². The Kier molecular flexibility index (Phi) is 5.40. The standard InChI is InChI=1S/C19H22N4O2/c20-15-8-4-7-14(11-15)19(25)22-16-9-10-17(21-12-16)23-18(24)13-5-2-1-3-6-13/h1-3,5-6,9-10,12,14-15H,4,7-8,11,20H2,(H,22,25)(H,21,23,24). The molecular formula is C19H22N4O2. The molecule has 2 unspecified atom stereocenters. The molecule has 6 nitrogen and oxygen atoms in total. The Morgan fingerprint density at radius 2 is 1.84 bits per heavy atom. The van der Waals surface area contributed by atoms with Gasteiger partial charge in [-0.15, -0.1) is 0 Å². The number of benzene rings is 1. The van der Waals surface area contributed by atoms with Gasteiger partial charge in [-0.05, 0) is 43.5 Å². The first-order chi connectivity index (χ1) is 12.1. The van der Waals surface area contributed by atoms with Crippen molar-refractivity contribution < 1.29 is 9.59 Å². The van der Waals surface area contributed by atoms with Crippen LogP contribution in [0.25, 0.3) is 0 Å². The number of rotatable bonds is 4. The highest BCUT2D eigenvalue weighted by Gasteiger charge is 2.25. The molecule has 2 amide bonds. The van der Waals surface area contributed by atoms with Crippen LogP contribution in [0.4, 0.5) is 11.5 Å². The number of anilines is 2. The zero-order chi connectivity index (χ0) is 17.6. The van der Waals surface area contributed by atoms with Crippen LogP contribution in [-0.4, -0.2) is 22.8 Å². The highest BCUT2D eigenvalue weighted by atomic mass is 16.2. The molecule has 130 valence electrons. The molecule has 1 aromatic heterocycles. The van der Waals surface area contributed by atoms with Gasteiger partial charge in [-0.1, -0.05) is 24.6 Å². The topological polar surface area (TPSA) is 97.1 Å². The summed E-state index contributed by atoms with van der Waals surface area (Å²) >= 11 is 0. The summed E-state index contributed by atoms with van der Waals surface area (Å²) in [5, 5.41) is 5.60. The van der Waals surface area contributed by atoms with Crippen molar-refractivity contribution in [1.82, 2.24) is 4.98 Å². The minimum atomic E-state index is -0.221. The summed E-state index contributed by atoms with van der Waals surface area (Å²) in [5.74, 6) is 0.159. The smallest absolute Gasteiger partial charge is 0.256 e. The molecule has 0 aliphatic heterocycles. The number of hydrogen-bond acceptors (Lipinski definition) is 4. The second-order valence-electron chi connectivity index (χ2n) is 6.37. The molecule has 25 heavy (non-hydrogen) atoms. The van der Waals surface area contributed by atoms with Crippen LogP contribution in [0.2, 0.25) is 0 Å². The van der Waals surface area contributed by atoms with Crippen molar-refractivity contribution in [3.63, 3.8) is 0 Å². The van der Waals surface area contributed by atoms with Crippen molar-refractivity contribution in [2.24, 2.45) is 11.7 Å². The molecule has 6 heteroatoms. The number of aromatic nitrogens is 1. The average molecular weight is 338 g/mol. The third-order valence-electron chi connectivity index (χ3n) is 4.39. The first-order valence-electron chi connectivity index (χ1n) is 8.51. The van der Waals surface area contributed by atoms with Gasteiger partial charge in [0.2, 0.25) is 5.91 Å². The highest BCUT2D eigenvalue weighted by Crippen LogP contribution is 2.24. The van der Waals surface area contributed by atoms with Crippen molar-refractivity contribution in [2.45, 2.75) is 31.7 Å². The van der Waals surface area contributed by atoms with E-state index in [4.69, 9.17) is 5.73 Å². The lowest BCUT2D eigenvalue weighted by molar-refractivity contribution is -0.120. The van der Waals surface area contributed by atoms with Gasteiger partial charge < -0.3 is 16.4 Å². The average Bonchev–Trinajstić information content (AvgIpc) is 2.64. The molecule has 2 atom stereocenters. The molecule has 1 fully saturated rings. The summed E-state index contributed by atoms with van der Waals surface area (Å²) in [4.78, 5) is 28.6. The molecule has 1 aliphatic rings. The second-order valence-corrected chi connectivity index (χ2v) is 6.37. The summed E-state index contributed by atoms with van der Waals surface area (Å²) < 4.78 is 0. The third kappa shape index (κ3) is 4.64. The van der Waals surface area contributed by atoms with Crippen molar-refractivity contribution in [3.8, 4) is 0 Å². The van der Waals surface area contributed by atoms with Gasteiger partial charge in [0.15, 0.2) is 0 Å². The molecule has 4 N–H and O–H groups in total. The lowest BCUT2D eigenvalue weighted by atomic mass is 9.85. The molecule has 1 heterocycles. The summed E-state index contributed by atoms with van der Waals surface area (Å²) in [6.45, 7) is 0. The van der Waals surface area contributed by atoms with Gasteiger partial charge >= 0.3 is 0 Å². The number of pyridine rings is 1. The van der Waals surface area contributed by atoms with E-state index in [1.807, 2.05) is 6.07 Å². The van der Waals surface area contributed by atoms with E-state index >= 15 is 0 Å². The van der Waals surface area contributed by atoms with Crippen molar-refractivity contribution >= 4 is 23.3 Å². The third-order valence-corrected chi connectivity index (χ3v) is 4.39. The van der Waals surface area contributed by atoms with Crippen LogP contribution in [0.5, 0.6) is 0 Å². The molecule has 1 aromatic carbocycles. The van der Waals surface area contributed by atoms with Gasteiger partial charge in [-0.2, -0.15) is 0 Å². The maximum Gasteiger partial charge on any atom is 0.256 e. The first-order valence-corrected chi connectivity index (χ1v) is 8.51. The number of nitrogens with two attached hydrogens (primary N) is 1. The number of carbonyl (C=O) groups excluding carboxylic acids is 2. The Hall–Kier alpha value is -2.73. The van der Waals surface area contributed by atoms with Gasteiger partial charge in [0, 0.05) is 17.5 Å². The zero-order valence-electron chi connectivity index (χ0n) is 13.9. The number of carbonyl (C=O) groups is 2. The zero-order valence-corrected chi connectivity index (χ0v) is 13.9. The molecule has 0 radical (unpaired) electrons.